The Morgan fingerprint density at radius 2 is 1.86 bits per heavy atom. The number of ether oxygens (including phenoxy) is 1. The lowest BCUT2D eigenvalue weighted by Crippen LogP contribution is -2.35. The average Bonchev–Trinajstić information content (AvgIpc) is 2.36. The first-order valence-electron chi connectivity index (χ1n) is 6.41. The maximum Gasteiger partial charge on any atom is 0.335 e. The van der Waals surface area contributed by atoms with Crippen molar-refractivity contribution in [2.75, 3.05) is 18.2 Å². The van der Waals surface area contributed by atoms with Crippen LogP contribution in [0.15, 0.2) is 18.2 Å². The fraction of sp³-hybridized carbons (Fsp3) is 0.429. The number of carbonyl (C=O) groups is 2. The van der Waals surface area contributed by atoms with Crippen molar-refractivity contribution >= 4 is 27.4 Å². The molecule has 0 aliphatic heterocycles. The van der Waals surface area contributed by atoms with Gasteiger partial charge in [0, 0.05) is 0 Å². The number of carboxylic acid groups (broad SMARTS) is 1. The van der Waals surface area contributed by atoms with Gasteiger partial charge in [-0.3, -0.25) is 4.79 Å². The molecule has 0 radical (unpaired) electrons. The van der Waals surface area contributed by atoms with E-state index in [0.29, 0.717) is 0 Å². The van der Waals surface area contributed by atoms with Crippen LogP contribution in [0.1, 0.15) is 31.1 Å². The number of aromatic carboxylic acids is 1. The van der Waals surface area contributed by atoms with Crippen LogP contribution in [0.25, 0.3) is 0 Å². The van der Waals surface area contributed by atoms with E-state index in [9.17, 15) is 18.0 Å². The van der Waals surface area contributed by atoms with Crippen molar-refractivity contribution in [2.45, 2.75) is 25.5 Å². The van der Waals surface area contributed by atoms with Crippen LogP contribution in [0.2, 0.25) is 0 Å². The van der Waals surface area contributed by atoms with Crippen molar-refractivity contribution in [1.82, 2.24) is 0 Å². The van der Waals surface area contributed by atoms with E-state index in [1.165, 1.54) is 46.1 Å². The molecule has 0 fully saturated rings. The molecule has 2 N–H and O–H groups in total. The molecule has 1 aromatic rings. The fourth-order valence-corrected chi connectivity index (χ4v) is 2.35. The highest BCUT2D eigenvalue weighted by Crippen LogP contribution is 2.26. The Bertz CT molecular complexity index is 688. The van der Waals surface area contributed by atoms with Crippen LogP contribution in [0.4, 0.5) is 5.69 Å². The third-order valence-electron chi connectivity index (χ3n) is 2.98. The van der Waals surface area contributed by atoms with Crippen LogP contribution < -0.4 is 10.1 Å². The molecule has 0 aliphatic carbocycles. The molecule has 22 heavy (non-hydrogen) atoms. The summed E-state index contributed by atoms with van der Waals surface area (Å²) in [5.74, 6) is -2.37. The van der Waals surface area contributed by atoms with Gasteiger partial charge in [0.05, 0.1) is 23.1 Å². The van der Waals surface area contributed by atoms with Crippen molar-refractivity contribution < 1.29 is 27.9 Å². The van der Waals surface area contributed by atoms with Crippen molar-refractivity contribution in [3.05, 3.63) is 23.8 Å². The zero-order valence-corrected chi connectivity index (χ0v) is 13.7. The van der Waals surface area contributed by atoms with Crippen LogP contribution in [0.3, 0.4) is 0 Å². The summed E-state index contributed by atoms with van der Waals surface area (Å²) < 4.78 is 27.9. The first-order chi connectivity index (χ1) is 9.98. The first kappa shape index (κ1) is 18.0. The molecule has 0 aromatic heterocycles. The average molecular weight is 329 g/mol. The number of carbonyl (C=O) groups excluding carboxylic acids is 1. The Balaban J connectivity index is 2.96. The lowest BCUT2D eigenvalue weighted by Gasteiger charge is -2.19. The smallest absolute Gasteiger partial charge is 0.335 e. The number of nitrogens with one attached hydrogen (secondary N) is 1. The molecule has 0 atom stereocenters. The molecular formula is C14H19NO6S. The lowest BCUT2D eigenvalue weighted by molar-refractivity contribution is -0.113. The summed E-state index contributed by atoms with van der Waals surface area (Å²) in [6, 6.07) is 3.89. The van der Waals surface area contributed by atoms with Gasteiger partial charge in [0.15, 0.2) is 9.84 Å². The Morgan fingerprint density at radius 3 is 2.32 bits per heavy atom. The SMILES string of the molecule is COc1cc(C(=O)O)ccc1NC(=O)CS(=O)(=O)C(C)(C)C. The van der Waals surface area contributed by atoms with Crippen LogP contribution in [-0.2, 0) is 14.6 Å². The number of anilines is 1. The quantitative estimate of drug-likeness (QED) is 0.848. The summed E-state index contributed by atoms with van der Waals surface area (Å²) >= 11 is 0. The van der Waals surface area contributed by atoms with E-state index in [-0.39, 0.29) is 17.0 Å². The van der Waals surface area contributed by atoms with Crippen LogP contribution >= 0.6 is 0 Å². The number of hydrogen-bond acceptors (Lipinski definition) is 5. The maximum absolute atomic E-state index is 12.0. The minimum Gasteiger partial charge on any atom is -0.495 e. The number of carboxylic acids is 1. The second kappa shape index (κ2) is 6.35. The van der Waals surface area contributed by atoms with Gasteiger partial charge in [0.1, 0.15) is 11.5 Å². The Labute approximate surface area is 129 Å². The maximum atomic E-state index is 12.0. The van der Waals surface area contributed by atoms with Gasteiger partial charge in [-0.05, 0) is 39.0 Å². The predicted octanol–water partition coefficient (Wildman–Crippen LogP) is 1.55. The summed E-state index contributed by atoms with van der Waals surface area (Å²) in [7, 11) is -2.28. The number of methoxy groups -OCH3 is 1. The molecule has 1 aromatic carbocycles. The fourth-order valence-electron chi connectivity index (χ4n) is 1.50. The predicted molar refractivity (Wildman–Crippen MR) is 82.1 cm³/mol. The summed E-state index contributed by atoms with van der Waals surface area (Å²) in [5, 5.41) is 11.3. The molecule has 0 aliphatic rings. The van der Waals surface area contributed by atoms with Gasteiger partial charge < -0.3 is 15.2 Å². The zero-order chi connectivity index (χ0) is 17.1. The molecule has 0 saturated carbocycles. The minimum atomic E-state index is -3.61. The topological polar surface area (TPSA) is 110 Å². The van der Waals surface area contributed by atoms with E-state index in [1.807, 2.05) is 0 Å². The van der Waals surface area contributed by atoms with Gasteiger partial charge >= 0.3 is 5.97 Å². The Morgan fingerprint density at radius 1 is 1.27 bits per heavy atom. The van der Waals surface area contributed by atoms with E-state index in [1.54, 1.807) is 0 Å². The molecule has 0 spiro atoms. The van der Waals surface area contributed by atoms with Crippen molar-refractivity contribution in [1.29, 1.82) is 0 Å². The number of hydrogen-bond donors (Lipinski definition) is 2. The molecule has 0 heterocycles. The van der Waals surface area contributed by atoms with E-state index < -0.39 is 32.2 Å². The van der Waals surface area contributed by atoms with Gasteiger partial charge in [-0.15, -0.1) is 0 Å². The van der Waals surface area contributed by atoms with Gasteiger partial charge in [-0.25, -0.2) is 13.2 Å². The second-order valence-electron chi connectivity index (χ2n) is 5.64. The van der Waals surface area contributed by atoms with E-state index in [0.717, 1.165) is 0 Å². The standard InChI is InChI=1S/C14H19NO6S/c1-14(2,3)22(19,20)8-12(16)15-10-6-5-9(13(17)18)7-11(10)21-4/h5-7H,8H2,1-4H3,(H,15,16)(H,17,18). The highest BCUT2D eigenvalue weighted by molar-refractivity contribution is 7.93. The molecule has 122 valence electrons. The molecule has 0 saturated heterocycles. The van der Waals surface area contributed by atoms with Gasteiger partial charge in [0.2, 0.25) is 5.91 Å². The first-order valence-corrected chi connectivity index (χ1v) is 8.06. The third-order valence-corrected chi connectivity index (χ3v) is 5.48. The molecule has 7 nitrogen and oxygen atoms in total. The highest BCUT2D eigenvalue weighted by atomic mass is 32.2. The molecule has 0 unspecified atom stereocenters. The van der Waals surface area contributed by atoms with Crippen LogP contribution in [0.5, 0.6) is 5.75 Å². The number of rotatable bonds is 5. The summed E-state index contributed by atoms with van der Waals surface area (Å²) in [6.45, 7) is 4.54. The number of benzene rings is 1. The van der Waals surface area contributed by atoms with Crippen LogP contribution in [0, 0.1) is 0 Å². The third kappa shape index (κ3) is 4.20. The molecule has 0 bridgehead atoms. The summed E-state index contributed by atoms with van der Waals surface area (Å²) in [6.07, 6.45) is 0. The lowest BCUT2D eigenvalue weighted by atomic mass is 10.2. The van der Waals surface area contributed by atoms with Crippen LogP contribution in [-0.4, -0.2) is 43.0 Å². The van der Waals surface area contributed by atoms with Crippen molar-refractivity contribution in [3.63, 3.8) is 0 Å². The summed E-state index contributed by atoms with van der Waals surface area (Å²) in [4.78, 5) is 22.8. The van der Waals surface area contributed by atoms with E-state index in [2.05, 4.69) is 5.32 Å². The largest absolute Gasteiger partial charge is 0.495 e. The second-order valence-corrected chi connectivity index (χ2v) is 8.38. The Hall–Kier alpha value is -2.09. The van der Waals surface area contributed by atoms with E-state index in [4.69, 9.17) is 9.84 Å². The van der Waals surface area contributed by atoms with Crippen molar-refractivity contribution in [3.8, 4) is 5.75 Å². The monoisotopic (exact) mass is 329 g/mol. The minimum absolute atomic E-state index is 0.00263. The molecule has 1 amide bonds. The summed E-state index contributed by atoms with van der Waals surface area (Å²) in [5.41, 5.74) is 0.207. The van der Waals surface area contributed by atoms with Gasteiger partial charge in [-0.1, -0.05) is 0 Å². The van der Waals surface area contributed by atoms with Gasteiger partial charge in [0.25, 0.3) is 0 Å². The molecular weight excluding hydrogens is 310 g/mol. The van der Waals surface area contributed by atoms with E-state index >= 15 is 0 Å². The normalized spacial score (nSPS) is 11.8. The van der Waals surface area contributed by atoms with Crippen molar-refractivity contribution in [2.24, 2.45) is 0 Å². The van der Waals surface area contributed by atoms with Gasteiger partial charge in [-0.2, -0.15) is 0 Å². The molecule has 8 heteroatoms. The number of sulfone groups is 1. The Kier molecular flexibility index (Phi) is 5.18. The zero-order valence-electron chi connectivity index (χ0n) is 12.8. The highest BCUT2D eigenvalue weighted by Gasteiger charge is 2.31. The molecule has 1 rings (SSSR count). The number of amides is 1.